The zero-order valence-electron chi connectivity index (χ0n) is 13.7. The number of amides is 1. The van der Waals surface area contributed by atoms with E-state index in [9.17, 15) is 13.2 Å². The Morgan fingerprint density at radius 1 is 1.13 bits per heavy atom. The minimum atomic E-state index is -3.20. The van der Waals surface area contributed by atoms with E-state index in [1.54, 1.807) is 11.0 Å². The second-order valence-corrected chi connectivity index (χ2v) is 8.61. The molecule has 1 aromatic rings. The molecule has 1 amide bonds. The maximum absolute atomic E-state index is 13.0. The van der Waals surface area contributed by atoms with Gasteiger partial charge in [0, 0.05) is 17.0 Å². The predicted molar refractivity (Wildman–Crippen MR) is 92.1 cm³/mol. The van der Waals surface area contributed by atoms with Gasteiger partial charge in [0.2, 0.25) is 5.91 Å². The Labute approximate surface area is 138 Å². The zero-order valence-corrected chi connectivity index (χ0v) is 14.5. The molecular formula is C18H23NO3S. The molecule has 1 atom stereocenters. The number of hydrogen-bond donors (Lipinski definition) is 0. The first kappa shape index (κ1) is 16.2. The Bertz CT molecular complexity index is 746. The SMILES string of the molecule is Cc1ccc(N(C(=O)C2CCCC2)[C@H]2C=CS(=O)(=O)C2)cc1C. The van der Waals surface area contributed by atoms with E-state index in [4.69, 9.17) is 0 Å². The monoisotopic (exact) mass is 333 g/mol. The van der Waals surface area contributed by atoms with Crippen LogP contribution in [0.5, 0.6) is 0 Å². The standard InChI is InChI=1S/C18H23NO3S/c1-13-7-8-16(11-14(13)2)19(17-9-10-23(21,22)12-17)18(20)15-5-3-4-6-15/h7-11,15,17H,3-6,12H2,1-2H3/t17-/m0/s1. The number of nitrogens with zero attached hydrogens (tertiary/aromatic N) is 1. The van der Waals surface area contributed by atoms with E-state index in [1.165, 1.54) is 5.41 Å². The number of aryl methyl sites for hydroxylation is 2. The number of anilines is 1. The van der Waals surface area contributed by atoms with Gasteiger partial charge in [0.15, 0.2) is 9.84 Å². The summed E-state index contributed by atoms with van der Waals surface area (Å²) in [5.41, 5.74) is 3.07. The van der Waals surface area contributed by atoms with Crippen molar-refractivity contribution in [3.05, 3.63) is 40.8 Å². The maximum atomic E-state index is 13.0. The topological polar surface area (TPSA) is 54.5 Å². The highest BCUT2D eigenvalue weighted by Gasteiger charge is 2.35. The lowest BCUT2D eigenvalue weighted by Gasteiger charge is -2.30. The van der Waals surface area contributed by atoms with E-state index in [2.05, 4.69) is 0 Å². The zero-order chi connectivity index (χ0) is 16.6. The summed E-state index contributed by atoms with van der Waals surface area (Å²) in [6.07, 6.45) is 5.62. The number of hydrogen-bond acceptors (Lipinski definition) is 3. The maximum Gasteiger partial charge on any atom is 0.230 e. The number of carbonyl (C=O) groups is 1. The lowest BCUT2D eigenvalue weighted by Crippen LogP contribution is -2.44. The molecule has 1 aromatic carbocycles. The Hall–Kier alpha value is -1.62. The molecule has 0 bridgehead atoms. The fourth-order valence-corrected chi connectivity index (χ4v) is 4.72. The molecule has 5 heteroatoms. The first-order valence-corrected chi connectivity index (χ1v) is 9.90. The summed E-state index contributed by atoms with van der Waals surface area (Å²) >= 11 is 0. The van der Waals surface area contributed by atoms with E-state index < -0.39 is 15.9 Å². The molecule has 0 radical (unpaired) electrons. The van der Waals surface area contributed by atoms with Gasteiger partial charge in [-0.05, 0) is 56.0 Å². The fraction of sp³-hybridized carbons (Fsp3) is 0.500. The van der Waals surface area contributed by atoms with Gasteiger partial charge in [0.05, 0.1) is 11.8 Å². The third-order valence-electron chi connectivity index (χ3n) is 4.95. The number of rotatable bonds is 3. The highest BCUT2D eigenvalue weighted by Crippen LogP contribution is 2.32. The van der Waals surface area contributed by atoms with Crippen LogP contribution in [-0.4, -0.2) is 26.1 Å². The van der Waals surface area contributed by atoms with Gasteiger partial charge in [-0.3, -0.25) is 4.79 Å². The van der Waals surface area contributed by atoms with Crippen molar-refractivity contribution in [2.45, 2.75) is 45.6 Å². The van der Waals surface area contributed by atoms with Crippen LogP contribution in [0.25, 0.3) is 0 Å². The quantitative estimate of drug-likeness (QED) is 0.854. The van der Waals surface area contributed by atoms with Crippen molar-refractivity contribution in [1.29, 1.82) is 0 Å². The van der Waals surface area contributed by atoms with Gasteiger partial charge in [-0.15, -0.1) is 0 Å². The Kier molecular flexibility index (Phi) is 4.32. The molecule has 3 rings (SSSR count). The van der Waals surface area contributed by atoms with Crippen LogP contribution >= 0.6 is 0 Å². The summed E-state index contributed by atoms with van der Waals surface area (Å²) < 4.78 is 23.6. The molecule has 124 valence electrons. The smallest absolute Gasteiger partial charge is 0.230 e. The molecule has 0 spiro atoms. The summed E-state index contributed by atoms with van der Waals surface area (Å²) in [6.45, 7) is 4.04. The van der Waals surface area contributed by atoms with E-state index in [-0.39, 0.29) is 17.6 Å². The van der Waals surface area contributed by atoms with Crippen molar-refractivity contribution in [3.63, 3.8) is 0 Å². The minimum Gasteiger partial charge on any atom is -0.304 e. The van der Waals surface area contributed by atoms with Crippen LogP contribution in [0.15, 0.2) is 29.7 Å². The van der Waals surface area contributed by atoms with Gasteiger partial charge in [-0.25, -0.2) is 8.42 Å². The van der Waals surface area contributed by atoms with Crippen LogP contribution in [0.4, 0.5) is 5.69 Å². The van der Waals surface area contributed by atoms with Crippen LogP contribution in [0.3, 0.4) is 0 Å². The Morgan fingerprint density at radius 3 is 2.39 bits per heavy atom. The molecular weight excluding hydrogens is 310 g/mol. The second kappa shape index (κ2) is 6.11. The van der Waals surface area contributed by atoms with Crippen LogP contribution in [0.1, 0.15) is 36.8 Å². The fourth-order valence-electron chi connectivity index (χ4n) is 3.45. The number of carbonyl (C=O) groups excluding carboxylic acids is 1. The highest BCUT2D eigenvalue weighted by molar-refractivity contribution is 7.94. The van der Waals surface area contributed by atoms with E-state index in [1.807, 2.05) is 32.0 Å². The van der Waals surface area contributed by atoms with Crippen molar-refractivity contribution in [2.24, 2.45) is 5.92 Å². The third-order valence-corrected chi connectivity index (χ3v) is 6.33. The van der Waals surface area contributed by atoms with Crippen molar-refractivity contribution in [1.82, 2.24) is 0 Å². The van der Waals surface area contributed by atoms with E-state index in [0.717, 1.165) is 42.5 Å². The van der Waals surface area contributed by atoms with Gasteiger partial charge < -0.3 is 4.90 Å². The van der Waals surface area contributed by atoms with Crippen molar-refractivity contribution >= 4 is 21.4 Å². The van der Waals surface area contributed by atoms with Crippen LogP contribution in [0.2, 0.25) is 0 Å². The normalized spacial score (nSPS) is 23.3. The molecule has 1 saturated carbocycles. The van der Waals surface area contributed by atoms with Gasteiger partial charge in [0.1, 0.15) is 0 Å². The molecule has 1 heterocycles. The summed E-state index contributed by atoms with van der Waals surface area (Å²) in [7, 11) is -3.20. The number of sulfone groups is 1. The van der Waals surface area contributed by atoms with E-state index in [0.29, 0.717) is 0 Å². The van der Waals surface area contributed by atoms with Crippen molar-refractivity contribution < 1.29 is 13.2 Å². The minimum absolute atomic E-state index is 0.0155. The molecule has 23 heavy (non-hydrogen) atoms. The third kappa shape index (κ3) is 3.34. The average molecular weight is 333 g/mol. The molecule has 0 unspecified atom stereocenters. The summed E-state index contributed by atoms with van der Waals surface area (Å²) in [6, 6.07) is 5.51. The van der Waals surface area contributed by atoms with E-state index >= 15 is 0 Å². The summed E-state index contributed by atoms with van der Waals surface area (Å²) in [5.74, 6) is 0.0732. The lowest BCUT2D eigenvalue weighted by molar-refractivity contribution is -0.122. The lowest BCUT2D eigenvalue weighted by atomic mass is 10.0. The first-order valence-electron chi connectivity index (χ1n) is 8.19. The molecule has 0 aromatic heterocycles. The predicted octanol–water partition coefficient (Wildman–Crippen LogP) is 3.14. The molecule has 4 nitrogen and oxygen atoms in total. The average Bonchev–Trinajstić information content (AvgIpc) is 3.13. The van der Waals surface area contributed by atoms with Crippen molar-refractivity contribution in [2.75, 3.05) is 10.7 Å². The molecule has 1 fully saturated rings. The summed E-state index contributed by atoms with van der Waals surface area (Å²) in [5, 5.41) is 1.24. The highest BCUT2D eigenvalue weighted by atomic mass is 32.2. The number of benzene rings is 1. The van der Waals surface area contributed by atoms with Gasteiger partial charge in [-0.2, -0.15) is 0 Å². The van der Waals surface area contributed by atoms with Crippen LogP contribution in [-0.2, 0) is 14.6 Å². The van der Waals surface area contributed by atoms with Gasteiger partial charge in [0.25, 0.3) is 0 Å². The molecule has 2 aliphatic rings. The van der Waals surface area contributed by atoms with Crippen LogP contribution < -0.4 is 4.90 Å². The first-order chi connectivity index (χ1) is 10.9. The Morgan fingerprint density at radius 2 is 1.83 bits per heavy atom. The van der Waals surface area contributed by atoms with Crippen molar-refractivity contribution in [3.8, 4) is 0 Å². The van der Waals surface area contributed by atoms with Gasteiger partial charge >= 0.3 is 0 Å². The van der Waals surface area contributed by atoms with Crippen LogP contribution in [0, 0.1) is 19.8 Å². The molecule has 1 aliphatic heterocycles. The summed E-state index contributed by atoms with van der Waals surface area (Å²) in [4.78, 5) is 14.7. The Balaban J connectivity index is 1.97. The molecule has 1 aliphatic carbocycles. The molecule has 0 saturated heterocycles. The molecule has 0 N–H and O–H groups in total. The largest absolute Gasteiger partial charge is 0.304 e. The second-order valence-electron chi connectivity index (χ2n) is 6.68. The van der Waals surface area contributed by atoms with Gasteiger partial charge in [-0.1, -0.05) is 18.9 Å².